The minimum atomic E-state index is -0.736. The number of ether oxygens (including phenoxy) is 1. The fraction of sp³-hybridized carbons (Fsp3) is 0.111. The van der Waals surface area contributed by atoms with E-state index in [-0.39, 0.29) is 11.5 Å². The van der Waals surface area contributed by atoms with Crippen LogP contribution in [0.3, 0.4) is 0 Å². The third kappa shape index (κ3) is 5.07. The average Bonchev–Trinajstić information content (AvgIpc) is 2.61. The second-order valence-corrected chi connectivity index (χ2v) is 4.99. The van der Waals surface area contributed by atoms with Gasteiger partial charge in [-0.3, -0.25) is 4.79 Å². The smallest absolute Gasteiger partial charge is 0.278 e. The van der Waals surface area contributed by atoms with Crippen LogP contribution in [0.15, 0.2) is 60.6 Å². The predicted molar refractivity (Wildman–Crippen MR) is 93.7 cm³/mol. The van der Waals surface area contributed by atoms with Gasteiger partial charge in [0.05, 0.1) is 6.61 Å². The predicted octanol–water partition coefficient (Wildman–Crippen LogP) is 2.15. The Balaban J connectivity index is 2.04. The molecule has 1 aromatic carbocycles. The molecule has 0 aliphatic rings. The Hall–Kier alpha value is -3.35. The topological polar surface area (TPSA) is 103 Å². The maximum absolute atomic E-state index is 13.5. The van der Waals surface area contributed by atoms with Crippen LogP contribution in [0.5, 0.6) is 5.75 Å². The highest BCUT2D eigenvalue weighted by Crippen LogP contribution is 2.16. The first kappa shape index (κ1) is 18.0. The molecule has 6 nitrogen and oxygen atoms in total. The van der Waals surface area contributed by atoms with E-state index >= 15 is 0 Å². The van der Waals surface area contributed by atoms with Gasteiger partial charge in [-0.2, -0.15) is 0 Å². The molecule has 1 aromatic heterocycles. The van der Waals surface area contributed by atoms with E-state index in [0.717, 1.165) is 17.4 Å². The average molecular weight is 342 g/mol. The molecule has 2 aromatic rings. The van der Waals surface area contributed by atoms with Crippen LogP contribution in [0.2, 0.25) is 0 Å². The van der Waals surface area contributed by atoms with Gasteiger partial charge in [-0.15, -0.1) is 0 Å². The van der Waals surface area contributed by atoms with Crippen LogP contribution in [-0.4, -0.2) is 17.5 Å². The summed E-state index contributed by atoms with van der Waals surface area (Å²) in [7, 11) is 0. The number of allylic oxidation sites excluding steroid dienone is 2. The lowest BCUT2D eigenvalue weighted by atomic mass is 10.1. The highest BCUT2D eigenvalue weighted by Gasteiger charge is 2.12. The van der Waals surface area contributed by atoms with E-state index in [4.69, 9.17) is 16.2 Å². The molecule has 1 amide bonds. The molecule has 5 N–H and O–H groups in total. The molecule has 25 heavy (non-hydrogen) atoms. The molecule has 0 saturated heterocycles. The molecule has 0 aliphatic carbocycles. The third-order valence-electron chi connectivity index (χ3n) is 3.17. The Kier molecular flexibility index (Phi) is 6.11. The summed E-state index contributed by atoms with van der Waals surface area (Å²) in [6, 6.07) is 9.76. The van der Waals surface area contributed by atoms with Crippen LogP contribution in [0.4, 0.5) is 4.39 Å². The molecule has 0 saturated carbocycles. The molecule has 1 heterocycles. The highest BCUT2D eigenvalue weighted by atomic mass is 19.1. The van der Waals surface area contributed by atoms with Crippen molar-refractivity contribution in [2.75, 3.05) is 6.61 Å². The van der Waals surface area contributed by atoms with Crippen LogP contribution in [0.25, 0.3) is 5.70 Å². The van der Waals surface area contributed by atoms with Gasteiger partial charge >= 0.3 is 0 Å². The van der Waals surface area contributed by atoms with Gasteiger partial charge in [0, 0.05) is 11.9 Å². The number of rotatable bonds is 6. The van der Waals surface area contributed by atoms with E-state index in [9.17, 15) is 9.18 Å². The van der Waals surface area contributed by atoms with Crippen LogP contribution in [0.1, 0.15) is 23.0 Å². The number of aromatic nitrogens is 1. The Morgan fingerprint density at radius 1 is 1.24 bits per heavy atom. The Labute approximate surface area is 145 Å². The van der Waals surface area contributed by atoms with Crippen molar-refractivity contribution in [2.24, 2.45) is 11.5 Å². The molecule has 0 unspecified atom stereocenters. The molecular weight excluding hydrogens is 323 g/mol. The molecule has 0 aliphatic heterocycles. The lowest BCUT2D eigenvalue weighted by Gasteiger charge is -2.06. The minimum Gasteiger partial charge on any atom is -0.494 e. The summed E-state index contributed by atoms with van der Waals surface area (Å²) in [6.45, 7) is 2.49. The monoisotopic (exact) mass is 342 g/mol. The van der Waals surface area contributed by atoms with Crippen molar-refractivity contribution in [3.63, 3.8) is 0 Å². The van der Waals surface area contributed by atoms with Gasteiger partial charge in [-0.25, -0.2) is 9.37 Å². The van der Waals surface area contributed by atoms with Crippen LogP contribution in [0, 0.1) is 5.82 Å². The van der Waals surface area contributed by atoms with Gasteiger partial charge in [0.2, 0.25) is 0 Å². The maximum atomic E-state index is 13.5. The van der Waals surface area contributed by atoms with Crippen LogP contribution < -0.4 is 21.5 Å². The summed E-state index contributed by atoms with van der Waals surface area (Å²) in [5.41, 5.74) is 12.6. The first-order valence-corrected chi connectivity index (χ1v) is 7.59. The van der Waals surface area contributed by atoms with Gasteiger partial charge in [-0.1, -0.05) is 0 Å². The van der Waals surface area contributed by atoms with Crippen molar-refractivity contribution in [2.45, 2.75) is 6.92 Å². The van der Waals surface area contributed by atoms with Gasteiger partial charge in [0.1, 0.15) is 11.6 Å². The first-order chi connectivity index (χ1) is 12.0. The fourth-order valence-corrected chi connectivity index (χ4v) is 1.97. The van der Waals surface area contributed by atoms with Crippen molar-refractivity contribution in [1.29, 1.82) is 0 Å². The molecule has 0 fully saturated rings. The van der Waals surface area contributed by atoms with E-state index < -0.39 is 11.7 Å². The lowest BCUT2D eigenvalue weighted by molar-refractivity contribution is 0.0956. The summed E-state index contributed by atoms with van der Waals surface area (Å²) in [5, 5.41) is 2.35. The third-order valence-corrected chi connectivity index (χ3v) is 3.17. The lowest BCUT2D eigenvalue weighted by Crippen LogP contribution is -2.28. The second-order valence-electron chi connectivity index (χ2n) is 4.99. The van der Waals surface area contributed by atoms with Gasteiger partial charge in [0.25, 0.3) is 5.91 Å². The second kappa shape index (κ2) is 8.49. The highest BCUT2D eigenvalue weighted by molar-refractivity contribution is 5.93. The number of nitrogens with two attached hydrogens (primary N) is 2. The van der Waals surface area contributed by atoms with Crippen LogP contribution >= 0.6 is 0 Å². The van der Waals surface area contributed by atoms with Gasteiger partial charge in [-0.05, 0) is 61.0 Å². The van der Waals surface area contributed by atoms with Crippen molar-refractivity contribution < 1.29 is 13.9 Å². The number of halogens is 1. The Bertz CT molecular complexity index is 801. The van der Waals surface area contributed by atoms with Crippen molar-refractivity contribution in [3.8, 4) is 5.75 Å². The normalized spacial score (nSPS) is 11.9. The summed E-state index contributed by atoms with van der Waals surface area (Å²) >= 11 is 0. The summed E-state index contributed by atoms with van der Waals surface area (Å²) in [5.74, 6) is -0.695. The van der Waals surface area contributed by atoms with Crippen molar-refractivity contribution in [1.82, 2.24) is 10.3 Å². The molecule has 0 spiro atoms. The minimum absolute atomic E-state index is 0.0175. The quantitative estimate of drug-likeness (QED) is 0.698. The number of nitrogens with zero attached hydrogens (tertiary/aromatic N) is 1. The SMILES string of the molecule is CCOc1ccc(/C(N)=C/C=C(\N)NC(=O)c2ncccc2F)cc1. The molecule has 0 bridgehead atoms. The number of carbonyl (C=O) groups excluding carboxylic acids is 1. The largest absolute Gasteiger partial charge is 0.494 e. The number of nitrogens with one attached hydrogen (secondary N) is 1. The molecule has 0 radical (unpaired) electrons. The summed E-state index contributed by atoms with van der Waals surface area (Å²) in [4.78, 5) is 15.6. The molecular formula is C18H19FN4O2. The molecule has 2 rings (SSSR count). The van der Waals surface area contributed by atoms with E-state index in [1.807, 2.05) is 19.1 Å². The number of hydrogen-bond donors (Lipinski definition) is 3. The summed E-state index contributed by atoms with van der Waals surface area (Å²) < 4.78 is 18.8. The zero-order chi connectivity index (χ0) is 18.2. The zero-order valence-corrected chi connectivity index (χ0v) is 13.7. The maximum Gasteiger partial charge on any atom is 0.278 e. The fourth-order valence-electron chi connectivity index (χ4n) is 1.97. The summed E-state index contributed by atoms with van der Waals surface area (Å²) in [6.07, 6.45) is 4.28. The Morgan fingerprint density at radius 2 is 1.96 bits per heavy atom. The molecule has 7 heteroatoms. The Morgan fingerprint density at radius 3 is 2.60 bits per heavy atom. The van der Waals surface area contributed by atoms with Crippen molar-refractivity contribution >= 4 is 11.6 Å². The molecule has 0 atom stereocenters. The number of pyridine rings is 1. The number of amides is 1. The van der Waals surface area contributed by atoms with Gasteiger partial charge in [0.15, 0.2) is 11.5 Å². The van der Waals surface area contributed by atoms with Gasteiger partial charge < -0.3 is 21.5 Å². The van der Waals surface area contributed by atoms with E-state index in [1.165, 1.54) is 18.3 Å². The van der Waals surface area contributed by atoms with Crippen molar-refractivity contribution in [3.05, 3.63) is 77.6 Å². The van der Waals surface area contributed by atoms with Crippen LogP contribution in [-0.2, 0) is 0 Å². The number of benzene rings is 1. The van der Waals surface area contributed by atoms with E-state index in [2.05, 4.69) is 10.3 Å². The molecule has 130 valence electrons. The number of hydrogen-bond acceptors (Lipinski definition) is 5. The standard InChI is InChI=1S/C18H19FN4O2/c1-2-25-13-7-5-12(6-8-13)15(20)9-10-16(21)23-18(24)17-14(19)4-3-11-22-17/h3-11H,2,20-21H2,1H3,(H,23,24)/b15-9-,16-10+. The zero-order valence-electron chi connectivity index (χ0n) is 13.7. The number of carbonyl (C=O) groups is 1. The van der Waals surface area contributed by atoms with E-state index in [0.29, 0.717) is 12.3 Å². The van der Waals surface area contributed by atoms with E-state index in [1.54, 1.807) is 18.2 Å². The first-order valence-electron chi connectivity index (χ1n) is 7.59.